The van der Waals surface area contributed by atoms with Crippen LogP contribution in [0.15, 0.2) is 48.5 Å². The van der Waals surface area contributed by atoms with E-state index in [1.165, 1.54) is 16.7 Å². The second-order valence-corrected chi connectivity index (χ2v) is 7.15. The highest BCUT2D eigenvalue weighted by Crippen LogP contribution is 2.41. The van der Waals surface area contributed by atoms with Crippen molar-refractivity contribution in [2.45, 2.75) is 32.1 Å². The van der Waals surface area contributed by atoms with Gasteiger partial charge in [0.15, 0.2) is 0 Å². The Labute approximate surface area is 136 Å². The lowest BCUT2D eigenvalue weighted by Gasteiger charge is -2.24. The number of amides is 1. The molecule has 1 amide bonds. The average Bonchev–Trinajstić information content (AvgIpc) is 2.90. The minimum Gasteiger partial charge on any atom is -0.295 e. The van der Waals surface area contributed by atoms with E-state index >= 15 is 0 Å². The van der Waals surface area contributed by atoms with Gasteiger partial charge in [0.1, 0.15) is 5.37 Å². The summed E-state index contributed by atoms with van der Waals surface area (Å²) in [6, 6.07) is 16.9. The van der Waals surface area contributed by atoms with Crippen LogP contribution in [-0.4, -0.2) is 11.7 Å². The number of hydrogen-bond donors (Lipinski definition) is 0. The number of carbonyl (C=O) groups is 1. The first-order chi connectivity index (χ1) is 10.6. The van der Waals surface area contributed by atoms with Crippen LogP contribution in [0.3, 0.4) is 0 Å². The van der Waals surface area contributed by atoms with Crippen molar-refractivity contribution in [3.63, 3.8) is 0 Å². The molecule has 114 valence electrons. The van der Waals surface area contributed by atoms with Crippen LogP contribution in [0.4, 0.5) is 5.69 Å². The molecule has 0 aromatic heterocycles. The molecule has 0 saturated carbocycles. The van der Waals surface area contributed by atoms with Crippen molar-refractivity contribution in [1.29, 1.82) is 0 Å². The van der Waals surface area contributed by atoms with E-state index in [1.54, 1.807) is 11.8 Å². The topological polar surface area (TPSA) is 20.3 Å². The van der Waals surface area contributed by atoms with Crippen LogP contribution in [-0.2, 0) is 4.79 Å². The molecule has 3 rings (SSSR count). The number of rotatable bonds is 3. The molecule has 0 radical (unpaired) electrons. The molecular weight excluding hydrogens is 290 g/mol. The van der Waals surface area contributed by atoms with E-state index in [0.717, 1.165) is 5.69 Å². The summed E-state index contributed by atoms with van der Waals surface area (Å²) in [5, 5.41) is 0.0800. The van der Waals surface area contributed by atoms with Crippen LogP contribution >= 0.6 is 11.8 Å². The fourth-order valence-electron chi connectivity index (χ4n) is 2.70. The minimum atomic E-state index is 0.0800. The van der Waals surface area contributed by atoms with Crippen LogP contribution in [0.25, 0.3) is 0 Å². The molecule has 0 aliphatic carbocycles. The molecule has 2 nitrogen and oxygen atoms in total. The molecule has 2 aromatic rings. The number of thioether (sulfide) groups is 1. The molecule has 1 fully saturated rings. The average molecular weight is 311 g/mol. The number of carbonyl (C=O) groups excluding carboxylic acids is 1. The van der Waals surface area contributed by atoms with Gasteiger partial charge in [-0.1, -0.05) is 55.8 Å². The fraction of sp³-hybridized carbons (Fsp3) is 0.316. The molecule has 0 N–H and O–H groups in total. The molecule has 2 aromatic carbocycles. The highest BCUT2D eigenvalue weighted by atomic mass is 32.2. The van der Waals surface area contributed by atoms with Crippen molar-refractivity contribution in [3.8, 4) is 0 Å². The lowest BCUT2D eigenvalue weighted by molar-refractivity contribution is -0.115. The summed E-state index contributed by atoms with van der Waals surface area (Å²) in [4.78, 5) is 14.2. The van der Waals surface area contributed by atoms with Crippen LogP contribution in [0, 0.1) is 6.92 Å². The van der Waals surface area contributed by atoms with Crippen LogP contribution in [0.1, 0.15) is 41.8 Å². The lowest BCUT2D eigenvalue weighted by Crippen LogP contribution is -2.27. The van der Waals surface area contributed by atoms with Crippen LogP contribution in [0.2, 0.25) is 0 Å². The van der Waals surface area contributed by atoms with Gasteiger partial charge in [-0.3, -0.25) is 9.69 Å². The standard InChI is InChI=1S/C19H21NOS/c1-13(2)15-6-8-16(9-7-15)19-20(18(21)12-22-19)17-10-4-14(3)5-11-17/h4-11,13,19H,12H2,1-3H3/t19-/m1/s1. The molecule has 22 heavy (non-hydrogen) atoms. The van der Waals surface area contributed by atoms with Gasteiger partial charge in [0.25, 0.3) is 0 Å². The maximum absolute atomic E-state index is 12.3. The number of hydrogen-bond acceptors (Lipinski definition) is 2. The highest BCUT2D eigenvalue weighted by molar-refractivity contribution is 8.00. The van der Waals surface area contributed by atoms with Gasteiger partial charge in [0.2, 0.25) is 5.91 Å². The summed E-state index contributed by atoms with van der Waals surface area (Å²) in [7, 11) is 0. The molecule has 1 atom stereocenters. The van der Waals surface area contributed by atoms with Crippen molar-refractivity contribution < 1.29 is 4.79 Å². The largest absolute Gasteiger partial charge is 0.295 e. The quantitative estimate of drug-likeness (QED) is 0.804. The highest BCUT2D eigenvalue weighted by Gasteiger charge is 2.33. The van der Waals surface area contributed by atoms with Crippen LogP contribution in [0.5, 0.6) is 0 Å². The molecule has 0 bridgehead atoms. The number of anilines is 1. The summed E-state index contributed by atoms with van der Waals surface area (Å²) < 4.78 is 0. The molecule has 3 heteroatoms. The van der Waals surface area contributed by atoms with E-state index in [9.17, 15) is 4.79 Å². The second-order valence-electron chi connectivity index (χ2n) is 6.08. The summed E-state index contributed by atoms with van der Waals surface area (Å²) in [6.07, 6.45) is 0. The maximum Gasteiger partial charge on any atom is 0.238 e. The Kier molecular flexibility index (Phi) is 4.25. The molecule has 1 aliphatic rings. The third kappa shape index (κ3) is 2.91. The maximum atomic E-state index is 12.3. The Morgan fingerprint density at radius 3 is 2.27 bits per heavy atom. The number of aryl methyl sites for hydroxylation is 1. The summed E-state index contributed by atoms with van der Waals surface area (Å²) in [5.41, 5.74) is 4.72. The zero-order valence-corrected chi connectivity index (χ0v) is 14.1. The molecular formula is C19H21NOS. The van der Waals surface area contributed by atoms with E-state index < -0.39 is 0 Å². The molecule has 1 heterocycles. The second kappa shape index (κ2) is 6.17. The van der Waals surface area contributed by atoms with E-state index in [1.807, 2.05) is 17.0 Å². The molecule has 1 saturated heterocycles. The predicted molar refractivity (Wildman–Crippen MR) is 94.4 cm³/mol. The van der Waals surface area contributed by atoms with Crippen molar-refractivity contribution in [2.75, 3.05) is 10.7 Å². The first-order valence-corrected chi connectivity index (χ1v) is 8.71. The summed E-state index contributed by atoms with van der Waals surface area (Å²) in [5.74, 6) is 1.26. The van der Waals surface area contributed by atoms with E-state index in [2.05, 4.69) is 57.2 Å². The van der Waals surface area contributed by atoms with Crippen molar-refractivity contribution >= 4 is 23.4 Å². The van der Waals surface area contributed by atoms with Gasteiger partial charge in [-0.25, -0.2) is 0 Å². The first-order valence-electron chi connectivity index (χ1n) is 7.66. The summed E-state index contributed by atoms with van der Waals surface area (Å²) in [6.45, 7) is 6.45. The van der Waals surface area contributed by atoms with E-state index in [0.29, 0.717) is 11.7 Å². The third-order valence-corrected chi connectivity index (χ3v) is 5.28. The zero-order valence-electron chi connectivity index (χ0n) is 13.2. The Morgan fingerprint density at radius 1 is 1.05 bits per heavy atom. The smallest absolute Gasteiger partial charge is 0.238 e. The van der Waals surface area contributed by atoms with Gasteiger partial charge < -0.3 is 0 Å². The van der Waals surface area contributed by atoms with Crippen molar-refractivity contribution in [3.05, 3.63) is 65.2 Å². The monoisotopic (exact) mass is 311 g/mol. The van der Waals surface area contributed by atoms with Crippen LogP contribution < -0.4 is 4.90 Å². The van der Waals surface area contributed by atoms with Gasteiger partial charge >= 0.3 is 0 Å². The Morgan fingerprint density at radius 2 is 1.68 bits per heavy atom. The number of nitrogens with zero attached hydrogens (tertiary/aromatic N) is 1. The van der Waals surface area contributed by atoms with E-state index in [4.69, 9.17) is 0 Å². The number of benzene rings is 2. The minimum absolute atomic E-state index is 0.0800. The van der Waals surface area contributed by atoms with Crippen molar-refractivity contribution in [2.24, 2.45) is 0 Å². The SMILES string of the molecule is Cc1ccc(N2C(=O)CS[C@@H]2c2ccc(C(C)C)cc2)cc1. The Balaban J connectivity index is 1.91. The Hall–Kier alpha value is -1.74. The fourth-order valence-corrected chi connectivity index (χ4v) is 3.88. The predicted octanol–water partition coefficient (Wildman–Crippen LogP) is 4.90. The van der Waals surface area contributed by atoms with E-state index in [-0.39, 0.29) is 11.3 Å². The van der Waals surface area contributed by atoms with Gasteiger partial charge in [-0.15, -0.1) is 11.8 Å². The van der Waals surface area contributed by atoms with Gasteiger partial charge in [-0.2, -0.15) is 0 Å². The van der Waals surface area contributed by atoms with Gasteiger partial charge in [0, 0.05) is 5.69 Å². The van der Waals surface area contributed by atoms with Gasteiger partial charge in [0.05, 0.1) is 5.75 Å². The lowest BCUT2D eigenvalue weighted by atomic mass is 10.0. The summed E-state index contributed by atoms with van der Waals surface area (Å²) >= 11 is 1.70. The first kappa shape index (κ1) is 15.2. The molecule has 0 unspecified atom stereocenters. The molecule has 0 spiro atoms. The third-order valence-electron chi connectivity index (χ3n) is 4.07. The van der Waals surface area contributed by atoms with Gasteiger partial charge in [-0.05, 0) is 36.1 Å². The zero-order chi connectivity index (χ0) is 15.7. The molecule has 1 aliphatic heterocycles. The van der Waals surface area contributed by atoms with Crippen molar-refractivity contribution in [1.82, 2.24) is 0 Å². The normalized spacial score (nSPS) is 18.3. The Bertz CT molecular complexity index is 661.